The maximum atomic E-state index is 4.49. The van der Waals surface area contributed by atoms with Crippen molar-refractivity contribution in [3.05, 3.63) is 18.1 Å². The van der Waals surface area contributed by atoms with Crippen LogP contribution in [-0.2, 0) is 12.0 Å². The summed E-state index contributed by atoms with van der Waals surface area (Å²) in [5, 5.41) is 2.44. The smallest absolute Gasteiger partial charge is 0.145 e. The lowest BCUT2D eigenvalue weighted by Gasteiger charge is -2.22. The minimum atomic E-state index is 0.0754. The van der Waals surface area contributed by atoms with Crippen LogP contribution < -0.4 is 0 Å². The molecule has 4 heteroatoms. The van der Waals surface area contributed by atoms with Crippen LogP contribution in [0.1, 0.15) is 32.8 Å². The molecule has 0 saturated heterocycles. The number of aryl methyl sites for hydroxylation is 1. The highest BCUT2D eigenvalue weighted by Crippen LogP contribution is 2.35. The van der Waals surface area contributed by atoms with Crippen LogP contribution in [0.4, 0.5) is 0 Å². The molecule has 0 aromatic carbocycles. The number of hydrogen-bond donors (Lipinski definition) is 0. The number of rotatable bonds is 0. The second-order valence-electron chi connectivity index (χ2n) is 5.52. The Kier molecular flexibility index (Phi) is 2.43. The van der Waals surface area contributed by atoms with Gasteiger partial charge < -0.3 is 4.57 Å². The maximum Gasteiger partial charge on any atom is 0.145 e. The largest absolute Gasteiger partial charge is 0.327 e. The van der Waals surface area contributed by atoms with Crippen LogP contribution in [0.5, 0.6) is 0 Å². The summed E-state index contributed by atoms with van der Waals surface area (Å²) in [5.41, 5.74) is 2.58. The summed E-state index contributed by atoms with van der Waals surface area (Å²) in [5.74, 6) is 1.16. The van der Waals surface area contributed by atoms with Crippen LogP contribution in [0.3, 0.4) is 0 Å². The van der Waals surface area contributed by atoms with E-state index in [9.17, 15) is 0 Å². The Balaban J connectivity index is 2.35. The first kappa shape index (κ1) is 11.1. The summed E-state index contributed by atoms with van der Waals surface area (Å²) in [6.45, 7) is 6.66. The van der Waals surface area contributed by atoms with E-state index in [0.29, 0.717) is 0 Å². The molecule has 1 aliphatic rings. The van der Waals surface area contributed by atoms with Crippen molar-refractivity contribution in [2.24, 2.45) is 0 Å². The predicted molar refractivity (Wildman–Crippen MR) is 71.6 cm³/mol. The molecule has 1 aliphatic heterocycles. The van der Waals surface area contributed by atoms with Gasteiger partial charge in [-0.25, -0.2) is 9.97 Å². The van der Waals surface area contributed by atoms with Gasteiger partial charge in [0.1, 0.15) is 17.0 Å². The van der Waals surface area contributed by atoms with Crippen molar-refractivity contribution < 1.29 is 0 Å². The molecule has 0 radical (unpaired) electrons. The molecule has 0 atom stereocenters. The van der Waals surface area contributed by atoms with Crippen molar-refractivity contribution in [3.8, 4) is 0 Å². The van der Waals surface area contributed by atoms with E-state index >= 15 is 0 Å². The standard InChI is InChI=1S/C13H17N3S/c1-13(2,3)16-7-9-5-4-6-17-12-10(9)11(16)14-8-15-12/h7-8H,4-6H2,1-3H3. The zero-order chi connectivity index (χ0) is 12.0. The Labute approximate surface area is 106 Å². The van der Waals surface area contributed by atoms with Crippen molar-refractivity contribution in [3.63, 3.8) is 0 Å². The molecule has 2 aromatic heterocycles. The number of nitrogens with zero attached hydrogens (tertiary/aromatic N) is 3. The zero-order valence-electron chi connectivity index (χ0n) is 10.5. The summed E-state index contributed by atoms with van der Waals surface area (Å²) >= 11 is 1.86. The average Bonchev–Trinajstić information content (AvgIpc) is 2.51. The molecule has 2 aromatic rings. The number of aromatic nitrogens is 3. The van der Waals surface area contributed by atoms with Crippen LogP contribution in [0.2, 0.25) is 0 Å². The molecule has 90 valence electrons. The third kappa shape index (κ3) is 1.75. The van der Waals surface area contributed by atoms with Crippen LogP contribution in [0.25, 0.3) is 11.0 Å². The normalized spacial score (nSPS) is 16.2. The van der Waals surface area contributed by atoms with E-state index < -0.39 is 0 Å². The first-order chi connectivity index (χ1) is 8.07. The van der Waals surface area contributed by atoms with Gasteiger partial charge >= 0.3 is 0 Å². The Hall–Kier alpha value is -1.03. The lowest BCUT2D eigenvalue weighted by molar-refractivity contribution is 0.407. The van der Waals surface area contributed by atoms with Gasteiger partial charge in [0, 0.05) is 11.7 Å². The molecular formula is C13H17N3S. The summed E-state index contributed by atoms with van der Waals surface area (Å²) < 4.78 is 2.29. The number of thioether (sulfide) groups is 1. The third-order valence-corrected chi connectivity index (χ3v) is 4.25. The molecular weight excluding hydrogens is 230 g/mol. The van der Waals surface area contributed by atoms with E-state index in [1.807, 2.05) is 11.8 Å². The quantitative estimate of drug-likeness (QED) is 0.670. The molecule has 0 fully saturated rings. The summed E-state index contributed by atoms with van der Waals surface area (Å²) in [6, 6.07) is 0. The minimum Gasteiger partial charge on any atom is -0.327 e. The molecule has 0 unspecified atom stereocenters. The predicted octanol–water partition coefficient (Wildman–Crippen LogP) is 3.22. The minimum absolute atomic E-state index is 0.0754. The van der Waals surface area contributed by atoms with Crippen molar-refractivity contribution in [2.45, 2.75) is 44.2 Å². The average molecular weight is 247 g/mol. The highest BCUT2D eigenvalue weighted by molar-refractivity contribution is 7.99. The van der Waals surface area contributed by atoms with Gasteiger partial charge in [0.05, 0.1) is 5.39 Å². The Morgan fingerprint density at radius 3 is 2.88 bits per heavy atom. The molecule has 0 bridgehead atoms. The molecule has 3 nitrogen and oxygen atoms in total. The van der Waals surface area contributed by atoms with Gasteiger partial charge in [0.15, 0.2) is 0 Å². The van der Waals surface area contributed by atoms with Gasteiger partial charge in [0.25, 0.3) is 0 Å². The molecule has 3 rings (SSSR count). The van der Waals surface area contributed by atoms with Crippen molar-refractivity contribution in [1.29, 1.82) is 0 Å². The van der Waals surface area contributed by atoms with E-state index in [-0.39, 0.29) is 5.54 Å². The molecule has 0 amide bonds. The fourth-order valence-electron chi connectivity index (χ4n) is 2.35. The molecule has 0 spiro atoms. The second-order valence-corrected chi connectivity index (χ2v) is 6.61. The SMILES string of the molecule is CC(C)(C)n1cc2c3c(ncnc31)SCCC2. The monoisotopic (exact) mass is 247 g/mol. The van der Waals surface area contributed by atoms with E-state index in [1.165, 1.54) is 17.4 Å². The highest BCUT2D eigenvalue weighted by Gasteiger charge is 2.22. The van der Waals surface area contributed by atoms with Gasteiger partial charge in [-0.15, -0.1) is 11.8 Å². The van der Waals surface area contributed by atoms with E-state index in [4.69, 9.17) is 0 Å². The van der Waals surface area contributed by atoms with Gasteiger partial charge in [-0.2, -0.15) is 0 Å². The van der Waals surface area contributed by atoms with Gasteiger partial charge in [0.2, 0.25) is 0 Å². The molecule has 0 N–H and O–H groups in total. The van der Waals surface area contributed by atoms with Crippen molar-refractivity contribution in [2.75, 3.05) is 5.75 Å². The Morgan fingerprint density at radius 2 is 2.12 bits per heavy atom. The van der Waals surface area contributed by atoms with Gasteiger partial charge in [-0.05, 0) is 44.9 Å². The summed E-state index contributed by atoms with van der Waals surface area (Å²) in [6.07, 6.45) is 6.34. The van der Waals surface area contributed by atoms with Crippen LogP contribution in [-0.4, -0.2) is 20.3 Å². The summed E-state index contributed by atoms with van der Waals surface area (Å²) in [7, 11) is 0. The zero-order valence-corrected chi connectivity index (χ0v) is 11.3. The Bertz CT molecular complexity index is 566. The van der Waals surface area contributed by atoms with E-state index in [2.05, 4.69) is 41.5 Å². The maximum absolute atomic E-state index is 4.49. The van der Waals surface area contributed by atoms with Crippen molar-refractivity contribution in [1.82, 2.24) is 14.5 Å². The van der Waals surface area contributed by atoms with Crippen LogP contribution in [0.15, 0.2) is 17.6 Å². The highest BCUT2D eigenvalue weighted by atomic mass is 32.2. The number of hydrogen-bond acceptors (Lipinski definition) is 3. The fraction of sp³-hybridized carbons (Fsp3) is 0.538. The van der Waals surface area contributed by atoms with Gasteiger partial charge in [-0.1, -0.05) is 0 Å². The molecule has 0 aliphatic carbocycles. The van der Waals surface area contributed by atoms with Crippen LogP contribution >= 0.6 is 11.8 Å². The van der Waals surface area contributed by atoms with E-state index in [0.717, 1.165) is 22.8 Å². The molecule has 17 heavy (non-hydrogen) atoms. The first-order valence-electron chi connectivity index (χ1n) is 6.05. The topological polar surface area (TPSA) is 30.7 Å². The molecule has 0 saturated carbocycles. The fourth-order valence-corrected chi connectivity index (χ4v) is 3.32. The van der Waals surface area contributed by atoms with E-state index in [1.54, 1.807) is 6.33 Å². The van der Waals surface area contributed by atoms with Crippen LogP contribution in [0, 0.1) is 0 Å². The molecule has 3 heterocycles. The Morgan fingerprint density at radius 1 is 1.29 bits per heavy atom. The first-order valence-corrected chi connectivity index (χ1v) is 7.04. The van der Waals surface area contributed by atoms with Crippen molar-refractivity contribution >= 4 is 22.8 Å². The lowest BCUT2D eigenvalue weighted by atomic mass is 10.1. The van der Waals surface area contributed by atoms with Gasteiger partial charge in [-0.3, -0.25) is 0 Å². The lowest BCUT2D eigenvalue weighted by Crippen LogP contribution is -2.21. The second kappa shape index (κ2) is 3.73. The summed E-state index contributed by atoms with van der Waals surface area (Å²) in [4.78, 5) is 8.92. The third-order valence-electron chi connectivity index (χ3n) is 3.18.